The normalized spacial score (nSPS) is 10.7. The van der Waals surface area contributed by atoms with Gasteiger partial charge in [-0.3, -0.25) is 4.79 Å². The van der Waals surface area contributed by atoms with Crippen molar-refractivity contribution in [1.29, 1.82) is 0 Å². The quantitative estimate of drug-likeness (QED) is 0.290. The molecule has 0 spiro atoms. The van der Waals surface area contributed by atoms with Crippen LogP contribution in [0.4, 0.5) is 11.4 Å². The Labute approximate surface area is 206 Å². The smallest absolute Gasteiger partial charge is 0.338 e. The molecule has 0 saturated carbocycles. The van der Waals surface area contributed by atoms with Gasteiger partial charge < -0.3 is 19.9 Å². The summed E-state index contributed by atoms with van der Waals surface area (Å²) >= 11 is 13.5. The van der Waals surface area contributed by atoms with Crippen molar-refractivity contribution in [2.75, 3.05) is 23.0 Å². The van der Waals surface area contributed by atoms with E-state index in [4.69, 9.17) is 27.9 Å². The highest BCUT2D eigenvalue weighted by atomic mass is 35.5. The molecule has 33 heavy (non-hydrogen) atoms. The van der Waals surface area contributed by atoms with Gasteiger partial charge in [0.05, 0.1) is 35.2 Å². The van der Waals surface area contributed by atoms with Crippen LogP contribution in [-0.4, -0.2) is 39.0 Å². The third-order valence-electron chi connectivity index (χ3n) is 4.46. The first-order valence-electron chi connectivity index (χ1n) is 10.2. The van der Waals surface area contributed by atoms with Crippen LogP contribution in [0.3, 0.4) is 0 Å². The first-order valence-corrected chi connectivity index (χ1v) is 12.0. The van der Waals surface area contributed by atoms with Crippen LogP contribution in [-0.2, 0) is 22.6 Å². The van der Waals surface area contributed by atoms with Crippen LogP contribution >= 0.6 is 35.0 Å². The van der Waals surface area contributed by atoms with E-state index in [9.17, 15) is 9.59 Å². The van der Waals surface area contributed by atoms with Gasteiger partial charge in [-0.05, 0) is 50.2 Å². The van der Waals surface area contributed by atoms with E-state index in [1.165, 1.54) is 11.8 Å². The lowest BCUT2D eigenvalue weighted by Gasteiger charge is -2.11. The lowest BCUT2D eigenvalue weighted by Crippen LogP contribution is -2.15. The van der Waals surface area contributed by atoms with Gasteiger partial charge in [-0.1, -0.05) is 41.0 Å². The van der Waals surface area contributed by atoms with E-state index in [0.717, 1.165) is 0 Å². The summed E-state index contributed by atoms with van der Waals surface area (Å²) in [5.74, 6) is 0.185. The fourth-order valence-electron chi connectivity index (χ4n) is 2.95. The zero-order chi connectivity index (χ0) is 23.8. The lowest BCUT2D eigenvalue weighted by atomic mass is 10.2. The Morgan fingerprint density at radius 2 is 1.94 bits per heavy atom. The predicted octanol–water partition coefficient (Wildman–Crippen LogP) is 5.12. The number of rotatable bonds is 10. The van der Waals surface area contributed by atoms with Crippen molar-refractivity contribution in [3.05, 3.63) is 63.9 Å². The summed E-state index contributed by atoms with van der Waals surface area (Å²) in [6, 6.07) is 11.8. The minimum Gasteiger partial charge on any atom is -0.462 e. The van der Waals surface area contributed by atoms with Gasteiger partial charge in [0.25, 0.3) is 0 Å². The summed E-state index contributed by atoms with van der Waals surface area (Å²) < 4.78 is 6.91. The van der Waals surface area contributed by atoms with Crippen LogP contribution in [0, 0.1) is 0 Å². The lowest BCUT2D eigenvalue weighted by molar-refractivity contribution is -0.113. The van der Waals surface area contributed by atoms with Crippen LogP contribution in [0.25, 0.3) is 0 Å². The second-order valence-corrected chi connectivity index (χ2v) is 8.55. The molecule has 0 atom stereocenters. The second-order valence-electron chi connectivity index (χ2n) is 6.76. The van der Waals surface area contributed by atoms with Crippen molar-refractivity contribution in [3.8, 4) is 0 Å². The second kappa shape index (κ2) is 11.9. The van der Waals surface area contributed by atoms with E-state index in [2.05, 4.69) is 20.8 Å². The molecular formula is C22H23Cl2N5O3S. The summed E-state index contributed by atoms with van der Waals surface area (Å²) in [7, 11) is 0. The van der Waals surface area contributed by atoms with E-state index in [-0.39, 0.29) is 18.3 Å². The first kappa shape index (κ1) is 24.9. The first-order chi connectivity index (χ1) is 15.9. The van der Waals surface area contributed by atoms with Gasteiger partial charge >= 0.3 is 5.97 Å². The minimum atomic E-state index is -0.431. The molecule has 1 amide bonds. The van der Waals surface area contributed by atoms with Crippen molar-refractivity contribution < 1.29 is 14.3 Å². The Morgan fingerprint density at radius 1 is 1.12 bits per heavy atom. The maximum atomic E-state index is 12.4. The van der Waals surface area contributed by atoms with Crippen molar-refractivity contribution in [2.45, 2.75) is 32.1 Å². The van der Waals surface area contributed by atoms with Crippen molar-refractivity contribution >= 4 is 58.2 Å². The van der Waals surface area contributed by atoms with Crippen LogP contribution in [0.2, 0.25) is 10.0 Å². The molecule has 0 fully saturated rings. The van der Waals surface area contributed by atoms with E-state index < -0.39 is 5.97 Å². The molecule has 2 aromatic carbocycles. The number of amides is 1. The highest BCUT2D eigenvalue weighted by molar-refractivity contribution is 7.99. The van der Waals surface area contributed by atoms with Crippen molar-refractivity contribution in [3.63, 3.8) is 0 Å². The number of thioether (sulfide) groups is 1. The number of halogens is 2. The van der Waals surface area contributed by atoms with E-state index in [0.29, 0.717) is 51.1 Å². The number of benzene rings is 2. The number of hydrogen-bond acceptors (Lipinski definition) is 7. The van der Waals surface area contributed by atoms with Gasteiger partial charge in [0.15, 0.2) is 11.0 Å². The number of nitrogens with one attached hydrogen (secondary N) is 2. The molecule has 0 aliphatic carbocycles. The SMILES string of the molecule is CCOC(=O)c1cccc(NC(=O)CSc2nnc(CNc3cc(Cl)ccc3Cl)n2CC)c1. The van der Waals surface area contributed by atoms with Gasteiger partial charge in [-0.2, -0.15) is 0 Å². The van der Waals surface area contributed by atoms with Crippen LogP contribution < -0.4 is 10.6 Å². The zero-order valence-electron chi connectivity index (χ0n) is 18.1. The molecule has 174 valence electrons. The molecule has 0 bridgehead atoms. The molecule has 0 saturated heterocycles. The third kappa shape index (κ3) is 6.86. The Morgan fingerprint density at radius 3 is 2.70 bits per heavy atom. The van der Waals surface area contributed by atoms with Crippen LogP contribution in [0.15, 0.2) is 47.6 Å². The van der Waals surface area contributed by atoms with Gasteiger partial charge in [0.1, 0.15) is 0 Å². The molecule has 11 heteroatoms. The topological polar surface area (TPSA) is 98.1 Å². The number of hydrogen-bond donors (Lipinski definition) is 2. The van der Waals surface area contributed by atoms with Crippen LogP contribution in [0.5, 0.6) is 0 Å². The number of carbonyl (C=O) groups is 2. The Kier molecular flexibility index (Phi) is 8.99. The number of anilines is 2. The fraction of sp³-hybridized carbons (Fsp3) is 0.273. The summed E-state index contributed by atoms with van der Waals surface area (Å²) in [6.45, 7) is 5.04. The largest absolute Gasteiger partial charge is 0.462 e. The van der Waals surface area contributed by atoms with Gasteiger partial charge in [0.2, 0.25) is 5.91 Å². The molecule has 1 aromatic heterocycles. The average molecular weight is 508 g/mol. The summed E-state index contributed by atoms with van der Waals surface area (Å²) in [5.41, 5.74) is 1.60. The van der Waals surface area contributed by atoms with Gasteiger partial charge in [-0.25, -0.2) is 4.79 Å². The third-order valence-corrected chi connectivity index (χ3v) is 6.00. The average Bonchev–Trinajstić information content (AvgIpc) is 3.20. The maximum Gasteiger partial charge on any atom is 0.338 e. The number of ether oxygens (including phenoxy) is 1. The highest BCUT2D eigenvalue weighted by Gasteiger charge is 2.14. The molecule has 8 nitrogen and oxygen atoms in total. The molecular weight excluding hydrogens is 485 g/mol. The molecule has 1 heterocycles. The monoisotopic (exact) mass is 507 g/mol. The predicted molar refractivity (Wildman–Crippen MR) is 131 cm³/mol. The number of nitrogens with zero attached hydrogens (tertiary/aromatic N) is 3. The Hall–Kier alpha value is -2.75. The number of esters is 1. The van der Waals surface area contributed by atoms with Crippen molar-refractivity contribution in [2.24, 2.45) is 0 Å². The summed E-state index contributed by atoms with van der Waals surface area (Å²) in [4.78, 5) is 24.3. The summed E-state index contributed by atoms with van der Waals surface area (Å²) in [5, 5.41) is 16.2. The maximum absolute atomic E-state index is 12.4. The van der Waals surface area contributed by atoms with Gasteiger partial charge in [-0.15, -0.1) is 10.2 Å². The molecule has 0 aliphatic heterocycles. The van der Waals surface area contributed by atoms with Crippen LogP contribution in [0.1, 0.15) is 30.0 Å². The Bertz CT molecular complexity index is 1140. The number of carbonyl (C=O) groups excluding carboxylic acids is 2. The van der Waals surface area contributed by atoms with Gasteiger partial charge in [0, 0.05) is 17.3 Å². The minimum absolute atomic E-state index is 0.134. The highest BCUT2D eigenvalue weighted by Crippen LogP contribution is 2.26. The molecule has 3 aromatic rings. The molecule has 0 radical (unpaired) electrons. The molecule has 3 rings (SSSR count). The summed E-state index contributed by atoms with van der Waals surface area (Å²) in [6.07, 6.45) is 0. The fourth-order valence-corrected chi connectivity index (χ4v) is 4.12. The number of aromatic nitrogens is 3. The molecule has 2 N–H and O–H groups in total. The molecule has 0 aliphatic rings. The standard InChI is InChI=1S/C22H23Cl2N5O3S/c1-3-29-19(12-25-18-11-15(23)8-9-17(18)24)27-28-22(29)33-13-20(30)26-16-7-5-6-14(10-16)21(31)32-4-2/h5-11,25H,3-4,12-13H2,1-2H3,(H,26,30). The zero-order valence-corrected chi connectivity index (χ0v) is 20.4. The van der Waals surface area contributed by atoms with E-state index in [1.54, 1.807) is 49.4 Å². The molecule has 0 unspecified atom stereocenters. The van der Waals surface area contributed by atoms with E-state index >= 15 is 0 Å². The van der Waals surface area contributed by atoms with E-state index in [1.807, 2.05) is 11.5 Å². The Balaban J connectivity index is 1.58. The van der Waals surface area contributed by atoms with Crippen molar-refractivity contribution in [1.82, 2.24) is 14.8 Å².